The number of benzene rings is 3. The van der Waals surface area contributed by atoms with E-state index in [1.807, 2.05) is 79.4 Å². The zero-order chi connectivity index (χ0) is 30.4. The van der Waals surface area contributed by atoms with E-state index in [-0.39, 0.29) is 36.2 Å². The topological polar surface area (TPSA) is 81.8 Å². The molecule has 2 N–H and O–H groups in total. The van der Waals surface area contributed by atoms with Gasteiger partial charge in [-0.2, -0.15) is 0 Å². The van der Waals surface area contributed by atoms with Crippen LogP contribution in [0.3, 0.4) is 0 Å². The molecule has 3 atom stereocenters. The molecular formula is C36H45ClN4O3. The molecule has 0 unspecified atom stereocenters. The average molecular weight is 617 g/mol. The summed E-state index contributed by atoms with van der Waals surface area (Å²) in [5, 5.41) is 6.20. The molecule has 0 bridgehead atoms. The molecule has 2 fully saturated rings. The highest BCUT2D eigenvalue weighted by Gasteiger charge is 2.55. The van der Waals surface area contributed by atoms with Gasteiger partial charge in [0.05, 0.1) is 6.04 Å². The lowest BCUT2D eigenvalue weighted by atomic mass is 9.80. The minimum absolute atomic E-state index is 0. The maximum Gasteiger partial charge on any atom is 0.251 e. The number of piperidine rings is 1. The van der Waals surface area contributed by atoms with Crippen LogP contribution >= 0.6 is 12.4 Å². The number of carbonyl (C=O) groups is 3. The molecule has 1 spiro atoms. The third-order valence-electron chi connectivity index (χ3n) is 9.23. The number of nitrogens with one attached hydrogen (secondary N) is 2. The van der Waals surface area contributed by atoms with Crippen LogP contribution in [-0.2, 0) is 9.59 Å². The van der Waals surface area contributed by atoms with E-state index in [2.05, 4.69) is 46.7 Å². The molecule has 3 aromatic carbocycles. The van der Waals surface area contributed by atoms with Gasteiger partial charge in [-0.25, -0.2) is 0 Å². The summed E-state index contributed by atoms with van der Waals surface area (Å²) in [6, 6.07) is 26.9. The van der Waals surface area contributed by atoms with Crippen molar-refractivity contribution in [2.75, 3.05) is 19.6 Å². The van der Waals surface area contributed by atoms with E-state index < -0.39 is 17.6 Å². The Hall–Kier alpha value is -3.68. The molecule has 2 aliphatic heterocycles. The van der Waals surface area contributed by atoms with Gasteiger partial charge in [0.15, 0.2) is 0 Å². The Labute approximate surface area is 267 Å². The van der Waals surface area contributed by atoms with Gasteiger partial charge in [-0.05, 0) is 61.4 Å². The van der Waals surface area contributed by atoms with Gasteiger partial charge >= 0.3 is 0 Å². The smallest absolute Gasteiger partial charge is 0.251 e. The fourth-order valence-corrected chi connectivity index (χ4v) is 6.71. The summed E-state index contributed by atoms with van der Waals surface area (Å²) in [6.45, 7) is 8.25. The molecule has 234 valence electrons. The average Bonchev–Trinajstić information content (AvgIpc) is 3.05. The lowest BCUT2D eigenvalue weighted by molar-refractivity contribution is -0.162. The van der Waals surface area contributed by atoms with Crippen molar-refractivity contribution in [2.45, 2.75) is 76.5 Å². The van der Waals surface area contributed by atoms with Gasteiger partial charge in [-0.3, -0.25) is 19.3 Å². The molecule has 8 heteroatoms. The van der Waals surface area contributed by atoms with Crippen LogP contribution in [0.2, 0.25) is 0 Å². The number of hydrogen-bond donors (Lipinski definition) is 2. The summed E-state index contributed by atoms with van der Waals surface area (Å²) in [5.74, 6) is -0.435. The molecule has 0 saturated carbocycles. The van der Waals surface area contributed by atoms with Crippen LogP contribution < -0.4 is 10.6 Å². The molecule has 2 heterocycles. The first kappa shape index (κ1) is 33.2. The van der Waals surface area contributed by atoms with Gasteiger partial charge < -0.3 is 15.5 Å². The van der Waals surface area contributed by atoms with Crippen LogP contribution in [0.15, 0.2) is 84.9 Å². The van der Waals surface area contributed by atoms with Gasteiger partial charge in [0.1, 0.15) is 11.6 Å². The molecular weight excluding hydrogens is 572 g/mol. The van der Waals surface area contributed by atoms with Crippen LogP contribution in [0.4, 0.5) is 0 Å². The van der Waals surface area contributed by atoms with Crippen LogP contribution in [0, 0.1) is 0 Å². The van der Waals surface area contributed by atoms with Crippen molar-refractivity contribution in [2.24, 2.45) is 0 Å². The number of carbonyl (C=O) groups excluding carboxylic acids is 3. The number of halogens is 1. The quantitative estimate of drug-likeness (QED) is 0.292. The second-order valence-electron chi connectivity index (χ2n) is 11.9. The van der Waals surface area contributed by atoms with Crippen molar-refractivity contribution in [1.29, 1.82) is 0 Å². The number of amides is 3. The molecule has 2 aliphatic rings. The highest BCUT2D eigenvalue weighted by Crippen LogP contribution is 2.36. The molecule has 0 radical (unpaired) electrons. The van der Waals surface area contributed by atoms with E-state index in [4.69, 9.17) is 0 Å². The summed E-state index contributed by atoms with van der Waals surface area (Å²) >= 11 is 0. The number of nitrogens with zero attached hydrogens (tertiary/aromatic N) is 2. The lowest BCUT2D eigenvalue weighted by Gasteiger charge is -2.53. The van der Waals surface area contributed by atoms with Gasteiger partial charge in [0.25, 0.3) is 5.91 Å². The highest BCUT2D eigenvalue weighted by molar-refractivity contribution is 6.01. The fourth-order valence-electron chi connectivity index (χ4n) is 6.71. The lowest BCUT2D eigenvalue weighted by Crippen LogP contribution is -2.75. The van der Waals surface area contributed by atoms with Crippen molar-refractivity contribution in [3.8, 4) is 11.1 Å². The van der Waals surface area contributed by atoms with E-state index in [9.17, 15) is 14.4 Å². The molecule has 3 aromatic rings. The van der Waals surface area contributed by atoms with Crippen molar-refractivity contribution >= 4 is 30.1 Å². The van der Waals surface area contributed by atoms with E-state index in [1.54, 1.807) is 0 Å². The third-order valence-corrected chi connectivity index (χ3v) is 9.23. The zero-order valence-corrected chi connectivity index (χ0v) is 26.8. The molecule has 5 rings (SSSR count). The Morgan fingerprint density at radius 1 is 0.886 bits per heavy atom. The third kappa shape index (κ3) is 6.84. The van der Waals surface area contributed by atoms with Gasteiger partial charge in [-0.1, -0.05) is 93.1 Å². The Morgan fingerprint density at radius 2 is 1.48 bits per heavy atom. The second kappa shape index (κ2) is 14.9. The van der Waals surface area contributed by atoms with Crippen molar-refractivity contribution in [1.82, 2.24) is 20.4 Å². The van der Waals surface area contributed by atoms with E-state index in [1.165, 1.54) is 5.56 Å². The number of rotatable bonds is 10. The monoisotopic (exact) mass is 616 g/mol. The summed E-state index contributed by atoms with van der Waals surface area (Å²) in [7, 11) is 0. The van der Waals surface area contributed by atoms with Crippen LogP contribution in [0.5, 0.6) is 0 Å². The Bertz CT molecular complexity index is 1390. The SMILES string of the molecule is CCC[C@H](NC(=O)c1ccc(-c2ccccc2)cc1)[C@@H]1NC(=O)C2(CCN([C@@H](C)c3ccccc3)CC2)N(CCC)C1=O.Cl. The maximum absolute atomic E-state index is 14.2. The molecule has 2 saturated heterocycles. The van der Waals surface area contributed by atoms with Crippen molar-refractivity contribution < 1.29 is 14.4 Å². The second-order valence-corrected chi connectivity index (χ2v) is 11.9. The largest absolute Gasteiger partial charge is 0.347 e. The first-order chi connectivity index (χ1) is 20.9. The van der Waals surface area contributed by atoms with E-state index in [0.717, 1.165) is 37.1 Å². The first-order valence-corrected chi connectivity index (χ1v) is 15.8. The molecule has 3 amide bonds. The normalized spacial score (nSPS) is 19.5. The minimum atomic E-state index is -0.857. The maximum atomic E-state index is 14.2. The summed E-state index contributed by atoms with van der Waals surface area (Å²) < 4.78 is 0. The zero-order valence-electron chi connectivity index (χ0n) is 26.0. The number of piperazine rings is 1. The summed E-state index contributed by atoms with van der Waals surface area (Å²) in [4.78, 5) is 45.7. The van der Waals surface area contributed by atoms with Crippen LogP contribution in [-0.4, -0.2) is 64.8 Å². The predicted molar refractivity (Wildman–Crippen MR) is 178 cm³/mol. The van der Waals surface area contributed by atoms with E-state index in [0.29, 0.717) is 31.4 Å². The molecule has 0 aromatic heterocycles. The van der Waals surface area contributed by atoms with Gasteiger partial charge in [0, 0.05) is 31.2 Å². The highest BCUT2D eigenvalue weighted by atomic mass is 35.5. The summed E-state index contributed by atoms with van der Waals surface area (Å²) in [6.07, 6.45) is 3.29. The number of hydrogen-bond acceptors (Lipinski definition) is 4. The predicted octanol–water partition coefficient (Wildman–Crippen LogP) is 6.01. The Kier molecular flexibility index (Phi) is 11.2. The van der Waals surface area contributed by atoms with Crippen LogP contribution in [0.25, 0.3) is 11.1 Å². The molecule has 7 nitrogen and oxygen atoms in total. The fraction of sp³-hybridized carbons (Fsp3) is 0.417. The van der Waals surface area contributed by atoms with Crippen molar-refractivity contribution in [3.63, 3.8) is 0 Å². The Morgan fingerprint density at radius 3 is 2.07 bits per heavy atom. The molecule has 0 aliphatic carbocycles. The number of likely N-dealkylation sites (tertiary alicyclic amines) is 1. The van der Waals surface area contributed by atoms with Gasteiger partial charge in [-0.15, -0.1) is 12.4 Å². The minimum Gasteiger partial charge on any atom is -0.347 e. The van der Waals surface area contributed by atoms with Crippen LogP contribution in [0.1, 0.15) is 74.8 Å². The van der Waals surface area contributed by atoms with E-state index >= 15 is 0 Å². The van der Waals surface area contributed by atoms with Gasteiger partial charge in [0.2, 0.25) is 11.8 Å². The van der Waals surface area contributed by atoms with Crippen molar-refractivity contribution in [3.05, 3.63) is 96.1 Å². The Balaban J connectivity index is 0.00000442. The standard InChI is InChI=1S/C36H44N4O3.ClH/c1-4-12-31(37-33(41)30-19-17-29(18-20-30)28-15-10-7-11-16-28)32-34(42)40(23-5-2)36(35(43)38-32)21-24-39(25-22-36)26(3)27-13-8-6-9-14-27;/h6-11,13-20,26,31-32H,4-5,12,21-25H2,1-3H3,(H,37,41)(H,38,43);1H/t26-,31-,32-;/m0./s1. The summed E-state index contributed by atoms with van der Waals surface area (Å²) in [5.41, 5.74) is 3.03. The first-order valence-electron chi connectivity index (χ1n) is 15.8. The molecule has 44 heavy (non-hydrogen) atoms.